The van der Waals surface area contributed by atoms with Crippen LogP contribution in [-0.2, 0) is 9.59 Å². The number of rotatable bonds is 7. The predicted octanol–water partition coefficient (Wildman–Crippen LogP) is 3.06. The molecule has 1 atom stereocenters. The van der Waals surface area contributed by atoms with E-state index >= 15 is 0 Å². The van der Waals surface area contributed by atoms with Crippen molar-refractivity contribution in [3.05, 3.63) is 57.6 Å². The topological polar surface area (TPSA) is 62.6 Å². The zero-order chi connectivity index (χ0) is 20.8. The van der Waals surface area contributed by atoms with Crippen LogP contribution in [0.2, 0.25) is 5.02 Å². The van der Waals surface area contributed by atoms with Crippen LogP contribution in [0.1, 0.15) is 29.2 Å². The normalized spacial score (nSPS) is 11.8. The number of likely N-dealkylation sites (N-methyl/N-ethyl adjacent to an activating group) is 1. The Morgan fingerprint density at radius 3 is 2.04 bits per heavy atom. The van der Waals surface area contributed by atoms with Crippen LogP contribution in [-0.4, -0.2) is 31.4 Å². The Morgan fingerprint density at radius 2 is 1.46 bits per heavy atom. The molecule has 0 aromatic heterocycles. The molecule has 0 aliphatic carbocycles. The minimum Gasteiger partial charge on any atom is -0.321 e. The van der Waals surface area contributed by atoms with E-state index < -0.39 is 0 Å². The lowest BCUT2D eigenvalue weighted by Crippen LogP contribution is -3.13. The number of hydrogen-bond donors (Lipinski definition) is 3. The number of nitrogens with one attached hydrogen (secondary N) is 3. The summed E-state index contributed by atoms with van der Waals surface area (Å²) in [6, 6.07) is 9.48. The van der Waals surface area contributed by atoms with Gasteiger partial charge in [-0.25, -0.2) is 0 Å². The van der Waals surface area contributed by atoms with E-state index in [1.807, 2.05) is 52.8 Å². The average molecular weight is 403 g/mol. The Morgan fingerprint density at radius 1 is 0.893 bits per heavy atom. The molecular formula is C22H29ClN3O2+. The molecule has 5 nitrogen and oxygen atoms in total. The fraction of sp³-hybridized carbons (Fsp3) is 0.364. The van der Waals surface area contributed by atoms with Crippen molar-refractivity contribution in [2.75, 3.05) is 30.3 Å². The third-order valence-corrected chi connectivity index (χ3v) is 4.97. The molecule has 0 heterocycles. The summed E-state index contributed by atoms with van der Waals surface area (Å²) in [5, 5.41) is 6.46. The van der Waals surface area contributed by atoms with E-state index in [1.54, 1.807) is 12.1 Å². The number of quaternary nitrogens is 1. The van der Waals surface area contributed by atoms with Crippen molar-refractivity contribution < 1.29 is 14.5 Å². The number of hydrogen-bond acceptors (Lipinski definition) is 2. The molecule has 0 bridgehead atoms. The molecule has 0 fully saturated rings. The molecule has 3 N–H and O–H groups in total. The predicted molar refractivity (Wildman–Crippen MR) is 115 cm³/mol. The van der Waals surface area contributed by atoms with Crippen LogP contribution in [0.5, 0.6) is 0 Å². The molecule has 2 amide bonds. The van der Waals surface area contributed by atoms with Crippen molar-refractivity contribution in [2.24, 2.45) is 0 Å². The minimum atomic E-state index is -0.141. The summed E-state index contributed by atoms with van der Waals surface area (Å²) in [6.07, 6.45) is 0. The third kappa shape index (κ3) is 6.08. The number of aryl methyl sites for hydroxylation is 4. The van der Waals surface area contributed by atoms with Gasteiger partial charge in [-0.2, -0.15) is 0 Å². The van der Waals surface area contributed by atoms with E-state index in [1.165, 1.54) is 5.56 Å². The summed E-state index contributed by atoms with van der Waals surface area (Å²) in [7, 11) is 0. The molecule has 0 spiro atoms. The highest BCUT2D eigenvalue weighted by Crippen LogP contribution is 2.22. The van der Waals surface area contributed by atoms with Crippen LogP contribution in [0.4, 0.5) is 11.4 Å². The first-order valence-electron chi connectivity index (χ1n) is 9.46. The van der Waals surface area contributed by atoms with Crippen molar-refractivity contribution in [3.8, 4) is 0 Å². The van der Waals surface area contributed by atoms with Gasteiger partial charge >= 0.3 is 0 Å². The van der Waals surface area contributed by atoms with E-state index in [4.69, 9.17) is 11.6 Å². The highest BCUT2D eigenvalue weighted by atomic mass is 35.5. The van der Waals surface area contributed by atoms with Gasteiger partial charge < -0.3 is 15.5 Å². The van der Waals surface area contributed by atoms with Crippen molar-refractivity contribution in [1.29, 1.82) is 0 Å². The maximum atomic E-state index is 12.5. The fourth-order valence-corrected chi connectivity index (χ4v) is 3.42. The Bertz CT molecular complexity index is 857. The van der Waals surface area contributed by atoms with Crippen LogP contribution >= 0.6 is 11.6 Å². The summed E-state index contributed by atoms with van der Waals surface area (Å²) in [4.78, 5) is 25.8. The van der Waals surface area contributed by atoms with Crippen molar-refractivity contribution in [3.63, 3.8) is 0 Å². The molecule has 2 rings (SSSR count). The minimum absolute atomic E-state index is 0.0985. The molecule has 0 radical (unpaired) electrons. The van der Waals surface area contributed by atoms with Gasteiger partial charge in [-0.15, -0.1) is 0 Å². The molecule has 0 saturated carbocycles. The number of anilines is 2. The van der Waals surface area contributed by atoms with Crippen LogP contribution in [0.15, 0.2) is 30.3 Å². The van der Waals surface area contributed by atoms with Gasteiger partial charge in [0, 0.05) is 16.4 Å². The molecule has 0 saturated heterocycles. The molecule has 1 unspecified atom stereocenters. The van der Waals surface area contributed by atoms with Crippen molar-refractivity contribution in [2.45, 2.75) is 34.6 Å². The van der Waals surface area contributed by atoms with E-state index in [-0.39, 0.29) is 24.9 Å². The number of benzene rings is 2. The Kier molecular flexibility index (Phi) is 7.61. The summed E-state index contributed by atoms with van der Waals surface area (Å²) in [5.41, 5.74) is 5.74. The van der Waals surface area contributed by atoms with Gasteiger partial charge in [-0.3, -0.25) is 9.59 Å². The molecule has 6 heteroatoms. The van der Waals surface area contributed by atoms with Gasteiger partial charge in [-0.1, -0.05) is 35.4 Å². The summed E-state index contributed by atoms with van der Waals surface area (Å²) < 4.78 is 0. The SMILES string of the molecule is CC[NH+](CC(=O)Nc1cc(Cl)ccc1C)CC(=O)Nc1c(C)cc(C)cc1C. The van der Waals surface area contributed by atoms with Gasteiger partial charge in [0.2, 0.25) is 0 Å². The lowest BCUT2D eigenvalue weighted by atomic mass is 10.1. The van der Waals surface area contributed by atoms with Crippen LogP contribution in [0.3, 0.4) is 0 Å². The second-order valence-corrected chi connectivity index (χ2v) is 7.72. The Hall–Kier alpha value is -2.37. The van der Waals surface area contributed by atoms with Crippen molar-refractivity contribution in [1.82, 2.24) is 0 Å². The monoisotopic (exact) mass is 402 g/mol. The quantitative estimate of drug-likeness (QED) is 0.666. The Labute approximate surface area is 172 Å². The molecule has 0 aliphatic heterocycles. The number of carbonyl (C=O) groups is 2. The molecular weight excluding hydrogens is 374 g/mol. The fourth-order valence-electron chi connectivity index (χ4n) is 3.25. The smallest absolute Gasteiger partial charge is 0.279 e. The first-order valence-corrected chi connectivity index (χ1v) is 9.84. The standard InChI is InChI=1S/C22H28ClN3O2/c1-6-26(12-20(27)24-19-11-18(23)8-7-15(19)3)13-21(28)25-22-16(4)9-14(2)10-17(22)5/h7-11H,6,12-13H2,1-5H3,(H,24,27)(H,25,28)/p+1. The van der Waals surface area contributed by atoms with Crippen LogP contribution < -0.4 is 15.5 Å². The van der Waals surface area contributed by atoms with Gasteiger partial charge in [-0.05, 0) is 63.4 Å². The zero-order valence-electron chi connectivity index (χ0n) is 17.2. The first-order chi connectivity index (χ1) is 13.2. The molecule has 28 heavy (non-hydrogen) atoms. The largest absolute Gasteiger partial charge is 0.321 e. The Balaban J connectivity index is 1.97. The number of amides is 2. The zero-order valence-corrected chi connectivity index (χ0v) is 18.0. The van der Waals surface area contributed by atoms with Gasteiger partial charge in [0.05, 0.1) is 6.54 Å². The summed E-state index contributed by atoms with van der Waals surface area (Å²) in [5.74, 6) is -0.239. The second kappa shape index (κ2) is 9.71. The van der Waals surface area contributed by atoms with E-state index in [2.05, 4.69) is 10.6 Å². The van der Waals surface area contributed by atoms with Crippen LogP contribution in [0, 0.1) is 27.7 Å². The van der Waals surface area contributed by atoms with Crippen LogP contribution in [0.25, 0.3) is 0 Å². The molecule has 2 aromatic rings. The lowest BCUT2D eigenvalue weighted by Gasteiger charge is -2.18. The highest BCUT2D eigenvalue weighted by molar-refractivity contribution is 6.31. The van der Waals surface area contributed by atoms with E-state index in [0.29, 0.717) is 17.3 Å². The third-order valence-electron chi connectivity index (χ3n) is 4.74. The maximum Gasteiger partial charge on any atom is 0.279 e. The second-order valence-electron chi connectivity index (χ2n) is 7.29. The average Bonchev–Trinajstić information content (AvgIpc) is 2.60. The molecule has 150 valence electrons. The van der Waals surface area contributed by atoms with Gasteiger partial charge in [0.1, 0.15) is 0 Å². The van der Waals surface area contributed by atoms with Crippen molar-refractivity contribution >= 4 is 34.8 Å². The lowest BCUT2D eigenvalue weighted by molar-refractivity contribution is -0.881. The first kappa shape index (κ1) is 21.9. The van der Waals surface area contributed by atoms with E-state index in [9.17, 15) is 9.59 Å². The number of halogens is 1. The van der Waals surface area contributed by atoms with Gasteiger partial charge in [0.25, 0.3) is 11.8 Å². The van der Waals surface area contributed by atoms with Gasteiger partial charge in [0.15, 0.2) is 13.1 Å². The maximum absolute atomic E-state index is 12.5. The summed E-state index contributed by atoms with van der Waals surface area (Å²) in [6.45, 7) is 11.0. The molecule has 0 aliphatic rings. The highest BCUT2D eigenvalue weighted by Gasteiger charge is 2.18. The molecule has 2 aromatic carbocycles. The van der Waals surface area contributed by atoms with E-state index in [0.717, 1.165) is 27.3 Å². The number of carbonyl (C=O) groups excluding carboxylic acids is 2. The summed E-state index contributed by atoms with van der Waals surface area (Å²) >= 11 is 6.00.